The number of amidine groups is 1. The average molecular weight is 252 g/mol. The number of nitrogens with one attached hydrogen (secondary N) is 1. The molecule has 3 fully saturated rings. The van der Waals surface area contributed by atoms with E-state index in [-0.39, 0.29) is 5.54 Å². The van der Waals surface area contributed by atoms with Crippen molar-refractivity contribution in [3.63, 3.8) is 0 Å². The molecule has 0 aromatic carbocycles. The second-order valence-corrected chi connectivity index (χ2v) is 7.37. The molecule has 2 bridgehead atoms. The second-order valence-electron chi connectivity index (χ2n) is 6.41. The summed E-state index contributed by atoms with van der Waals surface area (Å²) in [5, 5.41) is 4.80. The normalized spacial score (nSPS) is 46.7. The molecule has 0 aromatic rings. The van der Waals surface area contributed by atoms with Gasteiger partial charge in [-0.15, -0.1) is 0 Å². The van der Waals surface area contributed by atoms with Crippen LogP contribution in [0.4, 0.5) is 0 Å². The molecule has 3 rings (SSSR count). The summed E-state index contributed by atoms with van der Waals surface area (Å²) < 4.78 is 0. The van der Waals surface area contributed by atoms with Crippen LogP contribution in [-0.4, -0.2) is 23.0 Å². The van der Waals surface area contributed by atoms with Gasteiger partial charge in [0.25, 0.3) is 0 Å². The molecule has 17 heavy (non-hydrogen) atoms. The molecule has 1 saturated heterocycles. The standard InChI is InChI=1S/C14H24N2S/c1-3-14(2)9-17-13(16-14)15-8-12-7-10-4-5-11(12)6-10/h10-12H,3-9H2,1-2H3,(H,15,16). The molecule has 2 saturated carbocycles. The third-order valence-corrected chi connectivity index (χ3v) is 6.36. The maximum atomic E-state index is 4.84. The fourth-order valence-electron chi connectivity index (χ4n) is 3.63. The van der Waals surface area contributed by atoms with E-state index in [9.17, 15) is 0 Å². The van der Waals surface area contributed by atoms with Crippen molar-refractivity contribution in [1.82, 2.24) is 5.32 Å². The predicted octanol–water partition coefficient (Wildman–Crippen LogP) is 3.28. The van der Waals surface area contributed by atoms with Crippen LogP contribution in [-0.2, 0) is 0 Å². The lowest BCUT2D eigenvalue weighted by Gasteiger charge is -2.22. The first-order valence-corrected chi connectivity index (χ1v) is 8.12. The molecule has 1 aliphatic heterocycles. The van der Waals surface area contributed by atoms with Crippen molar-refractivity contribution in [2.45, 2.75) is 51.5 Å². The maximum Gasteiger partial charge on any atom is 0.157 e. The molecule has 4 unspecified atom stereocenters. The first-order chi connectivity index (χ1) is 8.18. The largest absolute Gasteiger partial charge is 0.359 e. The smallest absolute Gasteiger partial charge is 0.157 e. The summed E-state index contributed by atoms with van der Waals surface area (Å²) in [6, 6.07) is 0. The molecular weight excluding hydrogens is 228 g/mol. The highest BCUT2D eigenvalue weighted by atomic mass is 32.2. The van der Waals surface area contributed by atoms with Crippen LogP contribution in [0.3, 0.4) is 0 Å². The Morgan fingerprint density at radius 3 is 2.88 bits per heavy atom. The Kier molecular flexibility index (Phi) is 3.14. The summed E-state index contributed by atoms with van der Waals surface area (Å²) in [6.45, 7) is 5.64. The average Bonchev–Trinajstić information content (AvgIpc) is 3.02. The highest BCUT2D eigenvalue weighted by Crippen LogP contribution is 2.48. The summed E-state index contributed by atoms with van der Waals surface area (Å²) >= 11 is 1.92. The molecule has 0 aromatic heterocycles. The van der Waals surface area contributed by atoms with Gasteiger partial charge in [-0.25, -0.2) is 0 Å². The third kappa shape index (κ3) is 2.35. The van der Waals surface area contributed by atoms with E-state index >= 15 is 0 Å². The van der Waals surface area contributed by atoms with E-state index in [4.69, 9.17) is 4.99 Å². The van der Waals surface area contributed by atoms with Gasteiger partial charge in [0.05, 0.1) is 0 Å². The van der Waals surface area contributed by atoms with Crippen LogP contribution < -0.4 is 5.32 Å². The van der Waals surface area contributed by atoms with Crippen molar-refractivity contribution in [3.05, 3.63) is 0 Å². The van der Waals surface area contributed by atoms with Crippen LogP contribution in [0, 0.1) is 17.8 Å². The van der Waals surface area contributed by atoms with Gasteiger partial charge >= 0.3 is 0 Å². The second kappa shape index (κ2) is 4.49. The molecule has 4 atom stereocenters. The van der Waals surface area contributed by atoms with E-state index in [1.54, 1.807) is 0 Å². The molecule has 1 N–H and O–H groups in total. The number of hydrogen-bond donors (Lipinski definition) is 1. The summed E-state index contributed by atoms with van der Waals surface area (Å²) in [4.78, 5) is 4.84. The maximum absolute atomic E-state index is 4.84. The number of nitrogens with zero attached hydrogens (tertiary/aromatic N) is 1. The number of thioether (sulfide) groups is 1. The van der Waals surface area contributed by atoms with Gasteiger partial charge < -0.3 is 5.32 Å². The summed E-state index contributed by atoms with van der Waals surface area (Å²) in [6.07, 6.45) is 7.12. The van der Waals surface area contributed by atoms with E-state index in [0.29, 0.717) is 0 Å². The lowest BCUT2D eigenvalue weighted by Crippen LogP contribution is -2.39. The van der Waals surface area contributed by atoms with E-state index < -0.39 is 0 Å². The minimum atomic E-state index is 0.290. The number of hydrogen-bond acceptors (Lipinski definition) is 2. The summed E-state index contributed by atoms with van der Waals surface area (Å²) in [7, 11) is 0. The molecule has 3 heteroatoms. The first-order valence-electron chi connectivity index (χ1n) is 7.14. The topological polar surface area (TPSA) is 24.4 Å². The quantitative estimate of drug-likeness (QED) is 0.833. The van der Waals surface area contributed by atoms with Crippen LogP contribution >= 0.6 is 11.8 Å². The zero-order valence-corrected chi connectivity index (χ0v) is 11.9. The highest BCUT2D eigenvalue weighted by Gasteiger charge is 2.39. The van der Waals surface area contributed by atoms with Crippen LogP contribution in [0.2, 0.25) is 0 Å². The van der Waals surface area contributed by atoms with Crippen molar-refractivity contribution in [2.75, 3.05) is 12.3 Å². The van der Waals surface area contributed by atoms with Crippen molar-refractivity contribution < 1.29 is 0 Å². The first kappa shape index (κ1) is 11.9. The molecule has 1 heterocycles. The minimum Gasteiger partial charge on any atom is -0.359 e. The van der Waals surface area contributed by atoms with Crippen molar-refractivity contribution >= 4 is 16.9 Å². The van der Waals surface area contributed by atoms with Crippen LogP contribution in [0.5, 0.6) is 0 Å². The lowest BCUT2D eigenvalue weighted by molar-refractivity contribution is 0.341. The van der Waals surface area contributed by atoms with Gasteiger partial charge in [0.15, 0.2) is 5.17 Å². The van der Waals surface area contributed by atoms with Crippen molar-refractivity contribution in [3.8, 4) is 0 Å². The Balaban J connectivity index is 1.54. The van der Waals surface area contributed by atoms with Gasteiger partial charge in [0.1, 0.15) is 0 Å². The zero-order valence-electron chi connectivity index (χ0n) is 11.0. The van der Waals surface area contributed by atoms with E-state index in [0.717, 1.165) is 24.3 Å². The number of fused-ring (bicyclic) bond motifs is 2. The molecule has 3 aliphatic rings. The van der Waals surface area contributed by atoms with Crippen LogP contribution in [0.1, 0.15) is 46.0 Å². The third-order valence-electron chi connectivity index (χ3n) is 5.07. The van der Waals surface area contributed by atoms with Crippen LogP contribution in [0.15, 0.2) is 4.99 Å². The lowest BCUT2D eigenvalue weighted by atomic mass is 9.89. The van der Waals surface area contributed by atoms with Crippen molar-refractivity contribution in [2.24, 2.45) is 22.7 Å². The summed E-state index contributed by atoms with van der Waals surface area (Å²) in [5.74, 6) is 4.14. The minimum absolute atomic E-state index is 0.290. The van der Waals surface area contributed by atoms with Crippen molar-refractivity contribution in [1.29, 1.82) is 0 Å². The summed E-state index contributed by atoms with van der Waals surface area (Å²) in [5.41, 5.74) is 0.290. The Bertz CT molecular complexity index is 328. The number of aliphatic imine (C=N–C) groups is 1. The Hall–Kier alpha value is -0.180. The Labute approximate surface area is 109 Å². The fraction of sp³-hybridized carbons (Fsp3) is 0.929. The van der Waals surface area contributed by atoms with Gasteiger partial charge in [-0.05, 0) is 50.4 Å². The van der Waals surface area contributed by atoms with Gasteiger partial charge in [0, 0.05) is 17.8 Å². The SMILES string of the molecule is CCC1(C)CSC(=NCC2CC3CCC2C3)N1. The Morgan fingerprint density at radius 2 is 2.29 bits per heavy atom. The van der Waals surface area contributed by atoms with E-state index in [1.807, 2.05) is 11.8 Å². The molecule has 0 amide bonds. The molecular formula is C14H24N2S. The van der Waals surface area contributed by atoms with Gasteiger partial charge in [-0.1, -0.05) is 25.1 Å². The highest BCUT2D eigenvalue weighted by molar-refractivity contribution is 8.14. The number of rotatable bonds is 3. The molecule has 96 valence electrons. The fourth-order valence-corrected chi connectivity index (χ4v) is 4.85. The predicted molar refractivity (Wildman–Crippen MR) is 75.5 cm³/mol. The van der Waals surface area contributed by atoms with Gasteiger partial charge in [-0.3, -0.25) is 4.99 Å². The van der Waals surface area contributed by atoms with Gasteiger partial charge in [0.2, 0.25) is 0 Å². The molecule has 2 nitrogen and oxygen atoms in total. The monoisotopic (exact) mass is 252 g/mol. The zero-order chi connectivity index (χ0) is 11.9. The van der Waals surface area contributed by atoms with Gasteiger partial charge in [-0.2, -0.15) is 0 Å². The molecule has 0 radical (unpaired) electrons. The van der Waals surface area contributed by atoms with E-state index in [2.05, 4.69) is 19.2 Å². The molecule has 2 aliphatic carbocycles. The van der Waals surface area contributed by atoms with Crippen LogP contribution in [0.25, 0.3) is 0 Å². The Morgan fingerprint density at radius 1 is 1.41 bits per heavy atom. The van der Waals surface area contributed by atoms with E-state index in [1.165, 1.54) is 43.0 Å². The molecule has 0 spiro atoms.